The van der Waals surface area contributed by atoms with Crippen LogP contribution in [0.15, 0.2) is 0 Å². The Kier molecular flexibility index (Phi) is 4.40. The monoisotopic (exact) mass is 186 g/mol. The third-order valence-corrected chi connectivity index (χ3v) is 2.47. The smallest absolute Gasteiger partial charge is 0.0113 e. The number of hydrogen-bond donors (Lipinski definition) is 2. The van der Waals surface area contributed by atoms with Crippen molar-refractivity contribution in [2.75, 3.05) is 7.05 Å². The number of nitrogens with one attached hydrogen (secondary N) is 1. The highest BCUT2D eigenvalue weighted by molar-refractivity contribution is 4.83. The van der Waals surface area contributed by atoms with Crippen molar-refractivity contribution in [1.82, 2.24) is 5.32 Å². The fourth-order valence-corrected chi connectivity index (χ4v) is 1.53. The highest BCUT2D eigenvalue weighted by atomic mass is 14.9. The van der Waals surface area contributed by atoms with Gasteiger partial charge < -0.3 is 11.1 Å². The molecule has 1 atom stereocenters. The molecule has 0 aliphatic carbocycles. The van der Waals surface area contributed by atoms with Crippen LogP contribution in [-0.4, -0.2) is 18.6 Å². The molecule has 0 aromatic rings. The largest absolute Gasteiger partial charge is 0.326 e. The fraction of sp³-hybridized carbons (Fsp3) is 1.00. The van der Waals surface area contributed by atoms with Crippen LogP contribution in [0.5, 0.6) is 0 Å². The van der Waals surface area contributed by atoms with Gasteiger partial charge in [-0.05, 0) is 39.2 Å². The first-order valence-electron chi connectivity index (χ1n) is 5.13. The van der Waals surface area contributed by atoms with E-state index in [1.165, 1.54) is 0 Å². The molecule has 0 radical (unpaired) electrons. The highest BCUT2D eigenvalue weighted by Crippen LogP contribution is 2.24. The zero-order valence-corrected chi connectivity index (χ0v) is 10.1. The Labute approximate surface area is 83.3 Å². The summed E-state index contributed by atoms with van der Waals surface area (Å²) in [6, 6.07) is 0.551. The molecule has 3 N–H and O–H groups in total. The van der Waals surface area contributed by atoms with Gasteiger partial charge in [-0.25, -0.2) is 0 Å². The van der Waals surface area contributed by atoms with Gasteiger partial charge in [-0.1, -0.05) is 20.8 Å². The molecule has 0 saturated heterocycles. The molecule has 0 rings (SSSR count). The van der Waals surface area contributed by atoms with Crippen molar-refractivity contribution in [3.8, 4) is 0 Å². The molecule has 0 spiro atoms. The number of hydrogen-bond acceptors (Lipinski definition) is 2. The molecular weight excluding hydrogens is 160 g/mol. The minimum atomic E-state index is -0.0413. The van der Waals surface area contributed by atoms with Crippen LogP contribution in [0.3, 0.4) is 0 Å². The third-order valence-electron chi connectivity index (χ3n) is 2.47. The van der Waals surface area contributed by atoms with Crippen molar-refractivity contribution in [3.05, 3.63) is 0 Å². The summed E-state index contributed by atoms with van der Waals surface area (Å²) in [7, 11) is 2.03. The Morgan fingerprint density at radius 3 is 1.85 bits per heavy atom. The van der Waals surface area contributed by atoms with Crippen LogP contribution in [0.1, 0.15) is 47.5 Å². The van der Waals surface area contributed by atoms with E-state index in [9.17, 15) is 0 Å². The van der Waals surface area contributed by atoms with Gasteiger partial charge in [0.25, 0.3) is 0 Å². The maximum Gasteiger partial charge on any atom is 0.0113 e. The van der Waals surface area contributed by atoms with Crippen LogP contribution in [0.25, 0.3) is 0 Å². The lowest BCUT2D eigenvalue weighted by molar-refractivity contribution is 0.249. The lowest BCUT2D eigenvalue weighted by Crippen LogP contribution is -2.41. The normalized spacial score (nSPS) is 15.9. The van der Waals surface area contributed by atoms with Crippen molar-refractivity contribution >= 4 is 0 Å². The Bertz CT molecular complexity index is 139. The highest BCUT2D eigenvalue weighted by Gasteiger charge is 2.24. The molecule has 0 fully saturated rings. The molecule has 0 aliphatic rings. The van der Waals surface area contributed by atoms with Crippen LogP contribution in [-0.2, 0) is 0 Å². The van der Waals surface area contributed by atoms with E-state index in [4.69, 9.17) is 5.73 Å². The van der Waals surface area contributed by atoms with E-state index < -0.39 is 0 Å². The van der Waals surface area contributed by atoms with E-state index in [-0.39, 0.29) is 5.54 Å². The van der Waals surface area contributed by atoms with Crippen LogP contribution < -0.4 is 11.1 Å². The zero-order valence-electron chi connectivity index (χ0n) is 10.1. The van der Waals surface area contributed by atoms with Crippen LogP contribution in [0.2, 0.25) is 0 Å². The number of rotatable bonds is 4. The number of nitrogens with two attached hydrogens (primary N) is 1. The summed E-state index contributed by atoms with van der Waals surface area (Å²) in [4.78, 5) is 0. The van der Waals surface area contributed by atoms with E-state index in [1.54, 1.807) is 0 Å². The molecule has 1 unspecified atom stereocenters. The second kappa shape index (κ2) is 4.43. The van der Waals surface area contributed by atoms with Gasteiger partial charge >= 0.3 is 0 Å². The molecular formula is C11H26N2. The van der Waals surface area contributed by atoms with Crippen molar-refractivity contribution in [3.63, 3.8) is 0 Å². The topological polar surface area (TPSA) is 38.0 Å². The lowest BCUT2D eigenvalue weighted by Gasteiger charge is -2.32. The molecule has 2 heteroatoms. The predicted octanol–water partition coefficient (Wildman–Crippen LogP) is 2.14. The standard InChI is InChI=1S/C11H26N2/c1-10(2,3)9(13-6)7-8-11(4,5)12/h9,13H,7-8,12H2,1-6H3. The van der Waals surface area contributed by atoms with Gasteiger partial charge in [-0.15, -0.1) is 0 Å². The fourth-order valence-electron chi connectivity index (χ4n) is 1.53. The molecule has 0 saturated carbocycles. The first kappa shape index (κ1) is 12.9. The van der Waals surface area contributed by atoms with Gasteiger partial charge in [0.05, 0.1) is 0 Å². The second-order valence-corrected chi connectivity index (χ2v) is 5.73. The zero-order chi connectivity index (χ0) is 10.7. The van der Waals surface area contributed by atoms with Gasteiger partial charge in [0, 0.05) is 11.6 Å². The lowest BCUT2D eigenvalue weighted by atomic mass is 9.82. The van der Waals surface area contributed by atoms with Crippen molar-refractivity contribution in [2.45, 2.75) is 59.0 Å². The van der Waals surface area contributed by atoms with E-state index >= 15 is 0 Å². The minimum absolute atomic E-state index is 0.0413. The minimum Gasteiger partial charge on any atom is -0.326 e. The average Bonchev–Trinajstić information content (AvgIpc) is 1.82. The molecule has 0 bridgehead atoms. The van der Waals surface area contributed by atoms with E-state index in [0.29, 0.717) is 11.5 Å². The first-order valence-corrected chi connectivity index (χ1v) is 5.13. The van der Waals surface area contributed by atoms with Crippen LogP contribution in [0.4, 0.5) is 0 Å². The van der Waals surface area contributed by atoms with Crippen molar-refractivity contribution in [1.29, 1.82) is 0 Å². The molecule has 0 amide bonds. The molecule has 80 valence electrons. The van der Waals surface area contributed by atoms with E-state index in [2.05, 4.69) is 39.9 Å². The summed E-state index contributed by atoms with van der Waals surface area (Å²) in [5, 5.41) is 3.36. The van der Waals surface area contributed by atoms with Crippen molar-refractivity contribution in [2.24, 2.45) is 11.1 Å². The maximum atomic E-state index is 5.95. The first-order chi connectivity index (χ1) is 5.67. The summed E-state index contributed by atoms with van der Waals surface area (Å²) < 4.78 is 0. The Morgan fingerprint density at radius 1 is 1.15 bits per heavy atom. The van der Waals surface area contributed by atoms with Gasteiger partial charge in [0.2, 0.25) is 0 Å². The van der Waals surface area contributed by atoms with Crippen LogP contribution >= 0.6 is 0 Å². The maximum absolute atomic E-state index is 5.95. The Morgan fingerprint density at radius 2 is 1.62 bits per heavy atom. The summed E-state index contributed by atoms with van der Waals surface area (Å²) in [6.07, 6.45) is 2.21. The van der Waals surface area contributed by atoms with Crippen molar-refractivity contribution < 1.29 is 0 Å². The van der Waals surface area contributed by atoms with E-state index in [0.717, 1.165) is 12.8 Å². The SMILES string of the molecule is CNC(CCC(C)(C)N)C(C)(C)C. The molecule has 0 aromatic carbocycles. The average molecular weight is 186 g/mol. The Balaban J connectivity index is 4.02. The van der Waals surface area contributed by atoms with Gasteiger partial charge in [-0.2, -0.15) is 0 Å². The Hall–Kier alpha value is -0.0800. The third kappa shape index (κ3) is 6.05. The molecule has 2 nitrogen and oxygen atoms in total. The molecule has 0 aliphatic heterocycles. The van der Waals surface area contributed by atoms with Gasteiger partial charge in [0.1, 0.15) is 0 Å². The predicted molar refractivity (Wildman–Crippen MR) is 59.8 cm³/mol. The quantitative estimate of drug-likeness (QED) is 0.706. The van der Waals surface area contributed by atoms with E-state index in [1.807, 2.05) is 7.05 Å². The second-order valence-electron chi connectivity index (χ2n) is 5.73. The summed E-state index contributed by atoms with van der Waals surface area (Å²) in [5.74, 6) is 0. The molecule has 13 heavy (non-hydrogen) atoms. The van der Waals surface area contributed by atoms with Crippen LogP contribution in [0, 0.1) is 5.41 Å². The molecule has 0 heterocycles. The van der Waals surface area contributed by atoms with Gasteiger partial charge in [-0.3, -0.25) is 0 Å². The summed E-state index contributed by atoms with van der Waals surface area (Å²) >= 11 is 0. The summed E-state index contributed by atoms with van der Waals surface area (Å²) in [6.45, 7) is 11.0. The molecule has 0 aromatic heterocycles. The van der Waals surface area contributed by atoms with Gasteiger partial charge in [0.15, 0.2) is 0 Å². The summed E-state index contributed by atoms with van der Waals surface area (Å²) in [5.41, 5.74) is 6.23.